The van der Waals surface area contributed by atoms with E-state index in [0.717, 1.165) is 17.4 Å². The number of methoxy groups -OCH3 is 1. The molecular weight excluding hydrogens is 246 g/mol. The zero-order chi connectivity index (χ0) is 14.8. The Morgan fingerprint density at radius 3 is 2.60 bits per heavy atom. The maximum absolute atomic E-state index is 5.53. The summed E-state index contributed by atoms with van der Waals surface area (Å²) in [5, 5.41) is 3.75. The number of rotatable bonds is 4. The van der Waals surface area contributed by atoms with Gasteiger partial charge < -0.3 is 10.1 Å². The second-order valence-corrected chi connectivity index (χ2v) is 7.02. The molecule has 2 nitrogen and oxygen atoms in total. The van der Waals surface area contributed by atoms with Gasteiger partial charge in [-0.25, -0.2) is 0 Å². The SMILES string of the molecule is CCC1CCCC1Nc1cc(C(C)(C)C)ccc1OC. The summed E-state index contributed by atoms with van der Waals surface area (Å²) in [5.41, 5.74) is 2.68. The van der Waals surface area contributed by atoms with Crippen molar-refractivity contribution < 1.29 is 4.74 Å². The van der Waals surface area contributed by atoms with Crippen LogP contribution in [0.5, 0.6) is 5.75 Å². The standard InChI is InChI=1S/C18H29NO/c1-6-13-8-7-9-15(13)19-16-12-14(18(2,3)4)10-11-17(16)20-5/h10-13,15,19H,6-9H2,1-5H3. The molecule has 1 N–H and O–H groups in total. The minimum Gasteiger partial charge on any atom is -0.495 e. The van der Waals surface area contributed by atoms with Crippen molar-refractivity contribution in [2.45, 2.75) is 64.8 Å². The van der Waals surface area contributed by atoms with Crippen LogP contribution in [0.2, 0.25) is 0 Å². The Bertz CT molecular complexity index is 447. The first-order valence-corrected chi connectivity index (χ1v) is 7.90. The van der Waals surface area contributed by atoms with Crippen LogP contribution >= 0.6 is 0 Å². The average molecular weight is 275 g/mol. The van der Waals surface area contributed by atoms with Gasteiger partial charge in [0.1, 0.15) is 5.75 Å². The van der Waals surface area contributed by atoms with Gasteiger partial charge in [-0.2, -0.15) is 0 Å². The molecule has 0 spiro atoms. The van der Waals surface area contributed by atoms with Gasteiger partial charge in [-0.15, -0.1) is 0 Å². The third-order valence-corrected chi connectivity index (χ3v) is 4.59. The lowest BCUT2D eigenvalue weighted by Gasteiger charge is -2.25. The fraction of sp³-hybridized carbons (Fsp3) is 0.667. The van der Waals surface area contributed by atoms with Crippen LogP contribution in [0.4, 0.5) is 5.69 Å². The van der Waals surface area contributed by atoms with Crippen molar-refractivity contribution >= 4 is 5.69 Å². The molecule has 0 aromatic heterocycles. The Morgan fingerprint density at radius 1 is 1.25 bits per heavy atom. The number of hydrogen-bond acceptors (Lipinski definition) is 2. The van der Waals surface area contributed by atoms with E-state index < -0.39 is 0 Å². The van der Waals surface area contributed by atoms with Gasteiger partial charge in [0.15, 0.2) is 0 Å². The average Bonchev–Trinajstić information content (AvgIpc) is 2.85. The Balaban J connectivity index is 2.24. The second-order valence-electron chi connectivity index (χ2n) is 7.02. The van der Waals surface area contributed by atoms with Crippen LogP contribution in [0.15, 0.2) is 18.2 Å². The van der Waals surface area contributed by atoms with Crippen LogP contribution < -0.4 is 10.1 Å². The highest BCUT2D eigenvalue weighted by molar-refractivity contribution is 5.59. The van der Waals surface area contributed by atoms with Crippen molar-refractivity contribution in [2.75, 3.05) is 12.4 Å². The van der Waals surface area contributed by atoms with Crippen molar-refractivity contribution in [1.29, 1.82) is 0 Å². The zero-order valence-corrected chi connectivity index (χ0v) is 13.6. The van der Waals surface area contributed by atoms with Gasteiger partial charge in [-0.3, -0.25) is 0 Å². The molecule has 1 aliphatic rings. The summed E-state index contributed by atoms with van der Waals surface area (Å²) in [6.45, 7) is 9.06. The fourth-order valence-corrected chi connectivity index (χ4v) is 3.20. The van der Waals surface area contributed by atoms with Gasteiger partial charge in [-0.05, 0) is 41.9 Å². The molecule has 1 aromatic rings. The lowest BCUT2D eigenvalue weighted by Crippen LogP contribution is -2.24. The molecule has 1 saturated carbocycles. The Hall–Kier alpha value is -1.18. The highest BCUT2D eigenvalue weighted by atomic mass is 16.5. The van der Waals surface area contributed by atoms with Gasteiger partial charge in [0.25, 0.3) is 0 Å². The smallest absolute Gasteiger partial charge is 0.141 e. The van der Waals surface area contributed by atoms with E-state index >= 15 is 0 Å². The summed E-state index contributed by atoms with van der Waals surface area (Å²) in [6.07, 6.45) is 5.24. The monoisotopic (exact) mass is 275 g/mol. The van der Waals surface area contributed by atoms with Gasteiger partial charge in [0.05, 0.1) is 12.8 Å². The number of ether oxygens (including phenoxy) is 1. The first kappa shape index (κ1) is 15.2. The van der Waals surface area contributed by atoms with E-state index in [4.69, 9.17) is 4.74 Å². The zero-order valence-electron chi connectivity index (χ0n) is 13.6. The molecule has 20 heavy (non-hydrogen) atoms. The molecule has 0 saturated heterocycles. The van der Waals surface area contributed by atoms with Crippen molar-refractivity contribution in [3.8, 4) is 5.75 Å². The normalized spacial score (nSPS) is 22.9. The first-order chi connectivity index (χ1) is 9.45. The van der Waals surface area contributed by atoms with E-state index in [2.05, 4.69) is 51.2 Å². The number of nitrogens with one attached hydrogen (secondary N) is 1. The van der Waals surface area contributed by atoms with Crippen LogP contribution in [0.1, 0.15) is 58.9 Å². The maximum Gasteiger partial charge on any atom is 0.141 e. The Morgan fingerprint density at radius 2 is 2.00 bits per heavy atom. The summed E-state index contributed by atoms with van der Waals surface area (Å²) in [4.78, 5) is 0. The third-order valence-electron chi connectivity index (χ3n) is 4.59. The molecule has 0 bridgehead atoms. The molecular formula is C18H29NO. The van der Waals surface area contributed by atoms with Crippen molar-refractivity contribution in [3.63, 3.8) is 0 Å². The molecule has 2 atom stereocenters. The van der Waals surface area contributed by atoms with E-state index in [0.29, 0.717) is 6.04 Å². The van der Waals surface area contributed by atoms with E-state index in [1.807, 2.05) is 0 Å². The highest BCUT2D eigenvalue weighted by Gasteiger charge is 2.26. The predicted octanol–water partition coefficient (Wildman–Crippen LogP) is 4.98. The number of anilines is 1. The topological polar surface area (TPSA) is 21.3 Å². The quantitative estimate of drug-likeness (QED) is 0.836. The van der Waals surface area contributed by atoms with E-state index in [1.54, 1.807) is 7.11 Å². The van der Waals surface area contributed by atoms with Gasteiger partial charge in [0, 0.05) is 6.04 Å². The maximum atomic E-state index is 5.53. The molecule has 1 fully saturated rings. The Labute approximate surface area is 123 Å². The van der Waals surface area contributed by atoms with Crippen molar-refractivity contribution in [3.05, 3.63) is 23.8 Å². The lowest BCUT2D eigenvalue weighted by molar-refractivity contribution is 0.413. The largest absolute Gasteiger partial charge is 0.495 e. The van der Waals surface area contributed by atoms with E-state index in [-0.39, 0.29) is 5.41 Å². The molecule has 0 radical (unpaired) electrons. The summed E-state index contributed by atoms with van der Waals surface area (Å²) >= 11 is 0. The molecule has 0 aliphatic heterocycles. The van der Waals surface area contributed by atoms with Crippen LogP contribution in [0.3, 0.4) is 0 Å². The number of hydrogen-bond donors (Lipinski definition) is 1. The van der Waals surface area contributed by atoms with Crippen molar-refractivity contribution in [1.82, 2.24) is 0 Å². The van der Waals surface area contributed by atoms with Crippen LogP contribution in [-0.2, 0) is 5.41 Å². The lowest BCUT2D eigenvalue weighted by atomic mass is 9.86. The van der Waals surface area contributed by atoms with Gasteiger partial charge >= 0.3 is 0 Å². The highest BCUT2D eigenvalue weighted by Crippen LogP contribution is 2.36. The second kappa shape index (κ2) is 6.07. The van der Waals surface area contributed by atoms with Gasteiger partial charge in [-0.1, -0.05) is 46.6 Å². The van der Waals surface area contributed by atoms with Gasteiger partial charge in [0.2, 0.25) is 0 Å². The molecule has 0 amide bonds. The van der Waals surface area contributed by atoms with E-state index in [1.165, 1.54) is 31.2 Å². The minimum absolute atomic E-state index is 0.169. The molecule has 112 valence electrons. The third kappa shape index (κ3) is 3.28. The van der Waals surface area contributed by atoms with Crippen LogP contribution in [0.25, 0.3) is 0 Å². The molecule has 2 unspecified atom stereocenters. The summed E-state index contributed by atoms with van der Waals surface area (Å²) in [7, 11) is 1.75. The van der Waals surface area contributed by atoms with Crippen molar-refractivity contribution in [2.24, 2.45) is 5.92 Å². The van der Waals surface area contributed by atoms with E-state index in [9.17, 15) is 0 Å². The molecule has 0 heterocycles. The number of benzene rings is 1. The summed E-state index contributed by atoms with van der Waals surface area (Å²) in [6, 6.07) is 7.14. The first-order valence-electron chi connectivity index (χ1n) is 7.90. The molecule has 2 rings (SSSR count). The predicted molar refractivity (Wildman–Crippen MR) is 86.7 cm³/mol. The molecule has 1 aliphatic carbocycles. The van der Waals surface area contributed by atoms with Crippen LogP contribution in [-0.4, -0.2) is 13.2 Å². The Kier molecular flexibility index (Phi) is 4.62. The molecule has 1 aromatic carbocycles. The minimum atomic E-state index is 0.169. The molecule has 2 heteroatoms. The van der Waals surface area contributed by atoms with Crippen LogP contribution in [0, 0.1) is 5.92 Å². The fourth-order valence-electron chi connectivity index (χ4n) is 3.20. The summed E-state index contributed by atoms with van der Waals surface area (Å²) in [5.74, 6) is 1.76. The summed E-state index contributed by atoms with van der Waals surface area (Å²) < 4.78 is 5.53.